The molecule has 0 saturated heterocycles. The van der Waals surface area contributed by atoms with Crippen LogP contribution in [0.4, 0.5) is 5.82 Å². The molecule has 2 heterocycles. The van der Waals surface area contributed by atoms with Crippen molar-refractivity contribution in [3.05, 3.63) is 69.5 Å². The lowest BCUT2D eigenvalue weighted by Crippen LogP contribution is -2.18. The van der Waals surface area contributed by atoms with Gasteiger partial charge in [0.05, 0.1) is 24.1 Å². The second-order valence-corrected chi connectivity index (χ2v) is 7.98. The smallest absolute Gasteiger partial charge is 0.235 e. The first kappa shape index (κ1) is 20.9. The molecule has 148 valence electrons. The average molecular weight is 426 g/mol. The summed E-state index contributed by atoms with van der Waals surface area (Å²) in [5.41, 5.74) is 4.32. The van der Waals surface area contributed by atoms with E-state index in [1.165, 1.54) is 11.8 Å². The predicted octanol–water partition coefficient (Wildman–Crippen LogP) is 4.51. The number of hydrogen-bond acceptors (Lipinski definition) is 5. The fraction of sp³-hybridized carbons (Fsp3) is 0.238. The van der Waals surface area contributed by atoms with Crippen molar-refractivity contribution < 1.29 is 4.79 Å². The van der Waals surface area contributed by atoms with Crippen molar-refractivity contribution in [1.82, 2.24) is 14.8 Å². The van der Waals surface area contributed by atoms with Gasteiger partial charge in [-0.25, -0.2) is 9.67 Å². The maximum absolute atomic E-state index is 12.5. The first-order valence-corrected chi connectivity index (χ1v) is 10.3. The second kappa shape index (κ2) is 9.12. The Morgan fingerprint density at radius 2 is 1.93 bits per heavy atom. The monoisotopic (exact) mass is 425 g/mol. The molecule has 0 unspecified atom stereocenters. The summed E-state index contributed by atoms with van der Waals surface area (Å²) in [4.78, 5) is 17.0. The van der Waals surface area contributed by atoms with E-state index in [1.807, 2.05) is 45.0 Å². The highest BCUT2D eigenvalue weighted by Gasteiger charge is 2.15. The Bertz CT molecular complexity index is 1090. The Morgan fingerprint density at radius 1 is 1.21 bits per heavy atom. The number of rotatable bonds is 6. The van der Waals surface area contributed by atoms with Crippen LogP contribution in [0.3, 0.4) is 0 Å². The molecule has 1 aromatic carbocycles. The van der Waals surface area contributed by atoms with E-state index in [2.05, 4.69) is 21.5 Å². The van der Waals surface area contributed by atoms with Gasteiger partial charge >= 0.3 is 0 Å². The molecule has 2 aromatic heterocycles. The Hall–Kier alpha value is -2.82. The molecule has 0 spiro atoms. The van der Waals surface area contributed by atoms with E-state index in [4.69, 9.17) is 11.6 Å². The molecule has 29 heavy (non-hydrogen) atoms. The molecule has 1 N–H and O–H groups in total. The largest absolute Gasteiger partial charge is 0.310 e. The van der Waals surface area contributed by atoms with Gasteiger partial charge in [-0.05, 0) is 49.6 Å². The number of thioether (sulfide) groups is 1. The third-order valence-electron chi connectivity index (χ3n) is 4.64. The van der Waals surface area contributed by atoms with E-state index in [0.717, 1.165) is 22.4 Å². The van der Waals surface area contributed by atoms with Crippen molar-refractivity contribution in [2.75, 3.05) is 11.1 Å². The summed E-state index contributed by atoms with van der Waals surface area (Å²) in [5.74, 6) is 0.570. The summed E-state index contributed by atoms with van der Waals surface area (Å²) in [5, 5.41) is 17.9. The van der Waals surface area contributed by atoms with Crippen LogP contribution in [0.25, 0.3) is 0 Å². The number of nitriles is 1. The van der Waals surface area contributed by atoms with Gasteiger partial charge in [-0.2, -0.15) is 10.4 Å². The van der Waals surface area contributed by atoms with Crippen LogP contribution in [0.15, 0.2) is 41.6 Å². The van der Waals surface area contributed by atoms with Gasteiger partial charge in [0.25, 0.3) is 0 Å². The summed E-state index contributed by atoms with van der Waals surface area (Å²) < 4.78 is 1.71. The highest BCUT2D eigenvalue weighted by Crippen LogP contribution is 2.26. The molecule has 3 aromatic rings. The molecule has 0 bridgehead atoms. The van der Waals surface area contributed by atoms with E-state index in [9.17, 15) is 10.1 Å². The number of aryl methyl sites for hydroxylation is 1. The Labute approximate surface area is 178 Å². The van der Waals surface area contributed by atoms with Crippen LogP contribution in [0.1, 0.15) is 27.9 Å². The van der Waals surface area contributed by atoms with Crippen molar-refractivity contribution in [3.63, 3.8) is 0 Å². The van der Waals surface area contributed by atoms with E-state index < -0.39 is 0 Å². The van der Waals surface area contributed by atoms with Gasteiger partial charge in [-0.15, -0.1) is 0 Å². The molecule has 0 radical (unpaired) electrons. The van der Waals surface area contributed by atoms with Gasteiger partial charge in [-0.1, -0.05) is 35.5 Å². The highest BCUT2D eigenvalue weighted by molar-refractivity contribution is 8.00. The summed E-state index contributed by atoms with van der Waals surface area (Å²) in [6, 6.07) is 11.4. The second-order valence-electron chi connectivity index (χ2n) is 6.58. The number of pyridine rings is 1. The summed E-state index contributed by atoms with van der Waals surface area (Å²) >= 11 is 7.18. The van der Waals surface area contributed by atoms with E-state index in [1.54, 1.807) is 16.9 Å². The van der Waals surface area contributed by atoms with Crippen molar-refractivity contribution in [2.24, 2.45) is 0 Å². The zero-order chi connectivity index (χ0) is 21.0. The van der Waals surface area contributed by atoms with Crippen LogP contribution < -0.4 is 5.32 Å². The molecule has 0 aliphatic rings. The van der Waals surface area contributed by atoms with Crippen LogP contribution >= 0.6 is 23.4 Å². The van der Waals surface area contributed by atoms with E-state index in [-0.39, 0.29) is 11.7 Å². The van der Waals surface area contributed by atoms with E-state index >= 15 is 0 Å². The maximum atomic E-state index is 12.5. The molecule has 0 aliphatic heterocycles. The fourth-order valence-electron chi connectivity index (χ4n) is 2.79. The first-order valence-electron chi connectivity index (χ1n) is 8.96. The van der Waals surface area contributed by atoms with Gasteiger partial charge in [-0.3, -0.25) is 4.79 Å². The van der Waals surface area contributed by atoms with Gasteiger partial charge < -0.3 is 5.32 Å². The van der Waals surface area contributed by atoms with Crippen molar-refractivity contribution in [3.8, 4) is 6.07 Å². The van der Waals surface area contributed by atoms with Crippen LogP contribution in [0, 0.1) is 32.1 Å². The van der Waals surface area contributed by atoms with Gasteiger partial charge in [0.1, 0.15) is 16.9 Å². The lowest BCUT2D eigenvalue weighted by molar-refractivity contribution is -0.113. The van der Waals surface area contributed by atoms with Crippen LogP contribution in [0.2, 0.25) is 5.02 Å². The summed E-state index contributed by atoms with van der Waals surface area (Å²) in [6.07, 6.45) is 1.64. The SMILES string of the molecule is Cc1nc(SCC(=O)Nc2ccnn2Cc2ccc(Cl)cc2)c(C#N)c(C)c1C. The fourth-order valence-corrected chi connectivity index (χ4v) is 3.80. The number of amides is 1. The maximum Gasteiger partial charge on any atom is 0.235 e. The van der Waals surface area contributed by atoms with Crippen molar-refractivity contribution in [2.45, 2.75) is 32.3 Å². The number of hydrogen-bond donors (Lipinski definition) is 1. The quantitative estimate of drug-likeness (QED) is 0.587. The Kier molecular flexibility index (Phi) is 6.57. The van der Waals surface area contributed by atoms with Crippen LogP contribution in [0.5, 0.6) is 0 Å². The molecule has 3 rings (SSSR count). The zero-order valence-electron chi connectivity index (χ0n) is 16.4. The molecule has 1 amide bonds. The molecule has 0 aliphatic carbocycles. The third-order valence-corrected chi connectivity index (χ3v) is 5.87. The number of nitrogens with zero attached hydrogens (tertiary/aromatic N) is 4. The van der Waals surface area contributed by atoms with E-state index in [0.29, 0.717) is 28.0 Å². The summed E-state index contributed by atoms with van der Waals surface area (Å²) in [6.45, 7) is 6.27. The molecular formula is C21H20ClN5OS. The highest BCUT2D eigenvalue weighted by atomic mass is 35.5. The lowest BCUT2D eigenvalue weighted by Gasteiger charge is -2.12. The number of carbonyl (C=O) groups excluding carboxylic acids is 1. The van der Waals surface area contributed by atoms with Crippen molar-refractivity contribution in [1.29, 1.82) is 5.26 Å². The topological polar surface area (TPSA) is 83.6 Å². The molecule has 8 heteroatoms. The molecule has 0 atom stereocenters. The predicted molar refractivity (Wildman–Crippen MR) is 115 cm³/mol. The van der Waals surface area contributed by atoms with Crippen molar-refractivity contribution >= 4 is 35.1 Å². The van der Waals surface area contributed by atoms with Crippen LogP contribution in [-0.4, -0.2) is 26.4 Å². The number of nitrogens with one attached hydrogen (secondary N) is 1. The Balaban J connectivity index is 1.66. The number of carbonyl (C=O) groups is 1. The van der Waals surface area contributed by atoms with Gasteiger partial charge in [0.2, 0.25) is 5.91 Å². The lowest BCUT2D eigenvalue weighted by atomic mass is 10.1. The molecule has 6 nitrogen and oxygen atoms in total. The third kappa shape index (κ3) is 4.97. The molecule has 0 fully saturated rings. The number of aromatic nitrogens is 3. The normalized spacial score (nSPS) is 10.6. The van der Waals surface area contributed by atoms with Gasteiger partial charge in [0.15, 0.2) is 0 Å². The van der Waals surface area contributed by atoms with Gasteiger partial charge in [0, 0.05) is 16.8 Å². The molecule has 0 saturated carbocycles. The Morgan fingerprint density at radius 3 is 2.62 bits per heavy atom. The standard InChI is InChI=1S/C21H20ClN5OS/c1-13-14(2)18(10-23)21(25-15(13)3)29-12-20(28)26-19-8-9-24-27(19)11-16-4-6-17(22)7-5-16/h4-9H,11-12H2,1-3H3,(H,26,28). The molecular weight excluding hydrogens is 406 g/mol. The summed E-state index contributed by atoms with van der Waals surface area (Å²) in [7, 11) is 0. The minimum Gasteiger partial charge on any atom is -0.310 e. The minimum absolute atomic E-state index is 0.149. The minimum atomic E-state index is -0.186. The number of anilines is 1. The zero-order valence-corrected chi connectivity index (χ0v) is 17.9. The first-order chi connectivity index (χ1) is 13.9. The average Bonchev–Trinajstić information content (AvgIpc) is 3.13. The number of halogens is 1. The van der Waals surface area contributed by atoms with Crippen LogP contribution in [-0.2, 0) is 11.3 Å². The number of benzene rings is 1.